The molecule has 0 saturated carbocycles. The zero-order valence-electron chi connectivity index (χ0n) is 30.1. The van der Waals surface area contributed by atoms with E-state index in [9.17, 15) is 0 Å². The zero-order valence-corrected chi connectivity index (χ0v) is 30.1. The first-order chi connectivity index (χ1) is 25.3. The Balaban J connectivity index is 1.09. The third-order valence-corrected chi connectivity index (χ3v) is 11.8. The minimum absolute atomic E-state index is 0.0763. The standard InChI is InChI=1S/C50H40N2/c1-49(2)42-17-9-12-20-45(42)51(46-21-13-10-18-43(46)49)37-27-24-35(25-28-37)36-26-31-41-40(32-36)48-47(50(41,3)4)39-16-8-11-19-44(39)52(48)38-29-22-34(23-30-38)33-14-6-5-7-15-33/h5-32H,1-4H3. The lowest BCUT2D eigenvalue weighted by atomic mass is 9.73. The van der Waals surface area contributed by atoms with Crippen LogP contribution in [0, 0.1) is 0 Å². The minimum atomic E-state index is -0.134. The molecule has 0 N–H and O–H groups in total. The summed E-state index contributed by atoms with van der Waals surface area (Å²) in [6.45, 7) is 9.45. The van der Waals surface area contributed by atoms with Gasteiger partial charge in [0.15, 0.2) is 0 Å². The molecule has 0 saturated heterocycles. The van der Waals surface area contributed by atoms with Gasteiger partial charge in [-0.3, -0.25) is 0 Å². The second-order valence-corrected chi connectivity index (χ2v) is 15.4. The quantitative estimate of drug-likeness (QED) is 0.181. The molecule has 250 valence electrons. The lowest BCUT2D eigenvalue weighted by molar-refractivity contribution is 0.632. The number of rotatable bonds is 4. The van der Waals surface area contributed by atoms with Crippen molar-refractivity contribution in [3.05, 3.63) is 192 Å². The summed E-state index contributed by atoms with van der Waals surface area (Å²) in [5.41, 5.74) is 18.9. The van der Waals surface area contributed by atoms with E-state index in [2.05, 4.69) is 207 Å². The smallest absolute Gasteiger partial charge is 0.0585 e. The summed E-state index contributed by atoms with van der Waals surface area (Å²) in [4.78, 5) is 2.43. The number of hydrogen-bond acceptors (Lipinski definition) is 1. The fourth-order valence-electron chi connectivity index (χ4n) is 9.18. The number of benzene rings is 7. The molecule has 2 aliphatic rings. The summed E-state index contributed by atoms with van der Waals surface area (Å²) in [6, 6.07) is 62.6. The van der Waals surface area contributed by atoms with Crippen molar-refractivity contribution in [1.29, 1.82) is 0 Å². The highest BCUT2D eigenvalue weighted by molar-refractivity contribution is 6.00. The molecule has 8 aromatic rings. The van der Waals surface area contributed by atoms with Gasteiger partial charge in [-0.1, -0.05) is 149 Å². The second kappa shape index (κ2) is 11.2. The molecule has 0 spiro atoms. The van der Waals surface area contributed by atoms with Gasteiger partial charge in [0.1, 0.15) is 0 Å². The van der Waals surface area contributed by atoms with Gasteiger partial charge in [0, 0.05) is 33.2 Å². The van der Waals surface area contributed by atoms with Crippen molar-refractivity contribution in [2.45, 2.75) is 38.5 Å². The minimum Gasteiger partial charge on any atom is -0.310 e. The third kappa shape index (κ3) is 4.37. The lowest BCUT2D eigenvalue weighted by Crippen LogP contribution is -2.30. The normalized spacial score (nSPS) is 14.8. The lowest BCUT2D eigenvalue weighted by Gasteiger charge is -2.42. The number of fused-ring (bicyclic) bond motifs is 7. The molecular formula is C50H40N2. The van der Waals surface area contributed by atoms with Crippen molar-refractivity contribution < 1.29 is 0 Å². The van der Waals surface area contributed by atoms with E-state index in [1.807, 2.05) is 0 Å². The van der Waals surface area contributed by atoms with Crippen LogP contribution in [0.15, 0.2) is 170 Å². The second-order valence-electron chi connectivity index (χ2n) is 15.4. The molecule has 2 nitrogen and oxygen atoms in total. The topological polar surface area (TPSA) is 8.17 Å². The monoisotopic (exact) mass is 668 g/mol. The van der Waals surface area contributed by atoms with Crippen LogP contribution in [-0.4, -0.2) is 4.57 Å². The Kier molecular flexibility index (Phi) is 6.60. The Morgan fingerprint density at radius 3 is 1.60 bits per heavy atom. The van der Waals surface area contributed by atoms with E-state index in [-0.39, 0.29) is 10.8 Å². The SMILES string of the molecule is CC1(C)c2ccccc2N(c2ccc(-c3ccc4c(c3)-c3c(c5ccccc5n3-c3ccc(-c5ccccc5)cc3)C4(C)C)cc2)c2ccccc21. The average Bonchev–Trinajstić information content (AvgIpc) is 3.65. The molecule has 7 aromatic carbocycles. The maximum absolute atomic E-state index is 2.49. The van der Waals surface area contributed by atoms with E-state index in [1.165, 1.54) is 89.4 Å². The fraction of sp³-hybridized carbons (Fsp3) is 0.120. The first kappa shape index (κ1) is 30.7. The molecule has 1 aromatic heterocycles. The first-order valence-electron chi connectivity index (χ1n) is 18.4. The van der Waals surface area contributed by atoms with Crippen LogP contribution in [0.2, 0.25) is 0 Å². The van der Waals surface area contributed by atoms with E-state index in [0.717, 1.165) is 0 Å². The van der Waals surface area contributed by atoms with Crippen LogP contribution in [0.25, 0.3) is 50.1 Å². The Morgan fingerprint density at radius 1 is 0.404 bits per heavy atom. The fourth-order valence-corrected chi connectivity index (χ4v) is 9.18. The molecule has 10 rings (SSSR count). The van der Waals surface area contributed by atoms with Crippen LogP contribution < -0.4 is 4.90 Å². The number of aromatic nitrogens is 1. The van der Waals surface area contributed by atoms with Crippen LogP contribution in [0.1, 0.15) is 49.9 Å². The average molecular weight is 669 g/mol. The summed E-state index contributed by atoms with van der Waals surface area (Å²) in [7, 11) is 0. The van der Waals surface area contributed by atoms with Gasteiger partial charge >= 0.3 is 0 Å². The van der Waals surface area contributed by atoms with Crippen molar-refractivity contribution in [3.63, 3.8) is 0 Å². The summed E-state index contributed by atoms with van der Waals surface area (Å²) in [5.74, 6) is 0. The van der Waals surface area contributed by atoms with Crippen molar-refractivity contribution in [2.75, 3.05) is 4.90 Å². The van der Waals surface area contributed by atoms with Crippen LogP contribution in [0.4, 0.5) is 17.1 Å². The molecule has 0 bridgehead atoms. The predicted octanol–water partition coefficient (Wildman–Crippen LogP) is 13.4. The maximum Gasteiger partial charge on any atom is 0.0585 e. The summed E-state index contributed by atoms with van der Waals surface area (Å²) in [6.07, 6.45) is 0. The van der Waals surface area contributed by atoms with Gasteiger partial charge in [-0.05, 0) is 93.0 Å². The van der Waals surface area contributed by atoms with E-state index in [4.69, 9.17) is 0 Å². The number of para-hydroxylation sites is 3. The van der Waals surface area contributed by atoms with Crippen molar-refractivity contribution in [3.8, 4) is 39.2 Å². The van der Waals surface area contributed by atoms with Crippen molar-refractivity contribution in [1.82, 2.24) is 4.57 Å². The van der Waals surface area contributed by atoms with E-state index in [1.54, 1.807) is 0 Å². The van der Waals surface area contributed by atoms with Crippen LogP contribution in [-0.2, 0) is 10.8 Å². The Bertz CT molecular complexity index is 2610. The maximum atomic E-state index is 2.49. The number of anilines is 3. The zero-order chi connectivity index (χ0) is 35.2. The van der Waals surface area contributed by atoms with Crippen molar-refractivity contribution >= 4 is 28.0 Å². The van der Waals surface area contributed by atoms with E-state index < -0.39 is 0 Å². The predicted molar refractivity (Wildman–Crippen MR) is 219 cm³/mol. The molecule has 52 heavy (non-hydrogen) atoms. The van der Waals surface area contributed by atoms with Gasteiger partial charge in [0.2, 0.25) is 0 Å². The molecule has 0 unspecified atom stereocenters. The molecule has 0 atom stereocenters. The van der Waals surface area contributed by atoms with Crippen LogP contribution >= 0.6 is 0 Å². The number of hydrogen-bond donors (Lipinski definition) is 0. The van der Waals surface area contributed by atoms with Gasteiger partial charge < -0.3 is 9.47 Å². The van der Waals surface area contributed by atoms with Gasteiger partial charge in [0.05, 0.1) is 22.6 Å². The Morgan fingerprint density at radius 2 is 0.923 bits per heavy atom. The third-order valence-electron chi connectivity index (χ3n) is 11.8. The van der Waals surface area contributed by atoms with Gasteiger partial charge in [-0.2, -0.15) is 0 Å². The summed E-state index contributed by atoms with van der Waals surface area (Å²) < 4.78 is 2.49. The van der Waals surface area contributed by atoms with Gasteiger partial charge in [0.25, 0.3) is 0 Å². The highest BCUT2D eigenvalue weighted by Crippen LogP contribution is 2.55. The van der Waals surface area contributed by atoms with Crippen LogP contribution in [0.3, 0.4) is 0 Å². The molecule has 2 heterocycles. The first-order valence-corrected chi connectivity index (χ1v) is 18.4. The van der Waals surface area contributed by atoms with Gasteiger partial charge in [-0.25, -0.2) is 0 Å². The summed E-state index contributed by atoms with van der Waals surface area (Å²) in [5, 5.41) is 1.32. The summed E-state index contributed by atoms with van der Waals surface area (Å²) >= 11 is 0. The molecule has 0 radical (unpaired) electrons. The molecule has 1 aliphatic heterocycles. The largest absolute Gasteiger partial charge is 0.310 e. The Hall–Kier alpha value is -6.12. The highest BCUT2D eigenvalue weighted by Gasteiger charge is 2.41. The van der Waals surface area contributed by atoms with E-state index in [0.29, 0.717) is 0 Å². The molecule has 1 aliphatic carbocycles. The van der Waals surface area contributed by atoms with Crippen LogP contribution in [0.5, 0.6) is 0 Å². The molecule has 2 heteroatoms. The molecule has 0 amide bonds. The highest BCUT2D eigenvalue weighted by atomic mass is 15.2. The van der Waals surface area contributed by atoms with E-state index >= 15 is 0 Å². The Labute approximate surface area is 306 Å². The van der Waals surface area contributed by atoms with Crippen molar-refractivity contribution in [2.24, 2.45) is 0 Å². The molecule has 0 fully saturated rings. The molecular weight excluding hydrogens is 629 g/mol. The number of nitrogens with zero attached hydrogens (tertiary/aromatic N) is 2. The van der Waals surface area contributed by atoms with Gasteiger partial charge in [-0.15, -0.1) is 0 Å².